The number of aliphatic hydroxyl groups excluding tert-OH is 1. The molecule has 0 amide bonds. The zero-order valence-electron chi connectivity index (χ0n) is 28.8. The highest BCUT2D eigenvalue weighted by Gasteiger charge is 2.57. The van der Waals surface area contributed by atoms with Crippen LogP contribution in [0.2, 0.25) is 0 Å². The predicted octanol–water partition coefficient (Wildman–Crippen LogP) is 4.03. The first-order valence-corrected chi connectivity index (χ1v) is 16.8. The average molecular weight is 666 g/mol. The van der Waals surface area contributed by atoms with E-state index >= 15 is 0 Å². The summed E-state index contributed by atoms with van der Waals surface area (Å²) in [4.78, 5) is 42.6. The zero-order chi connectivity index (χ0) is 34.7. The van der Waals surface area contributed by atoms with Crippen molar-refractivity contribution in [2.45, 2.75) is 103 Å². The SMILES string of the molecule is CO[C@H]1C[C@H]2C=C[C@@H]3C[C@]2(O[C@H]3[C@H](OC(=O)c2ccc[nH]2)[C@H](C)[C@H](C)O)/C(C)=C/[C@@H](C)[C@@H]([C@@H](C)OC(=O)C[n+]2ccc(C)cc2)OC1=O. The van der Waals surface area contributed by atoms with E-state index < -0.39 is 66.1 Å². The number of carbonyl (C=O) groups excluding carboxylic acids is 3. The summed E-state index contributed by atoms with van der Waals surface area (Å²) in [5.74, 6) is -2.68. The Balaban J connectivity index is 1.43. The van der Waals surface area contributed by atoms with Crippen molar-refractivity contribution in [2.24, 2.45) is 23.7 Å². The van der Waals surface area contributed by atoms with Gasteiger partial charge in [0.05, 0.1) is 11.7 Å². The van der Waals surface area contributed by atoms with Crippen LogP contribution in [0.4, 0.5) is 0 Å². The lowest BCUT2D eigenvalue weighted by Gasteiger charge is -2.41. The molecule has 0 saturated carbocycles. The predicted molar refractivity (Wildman–Crippen MR) is 174 cm³/mol. The Kier molecular flexibility index (Phi) is 10.9. The van der Waals surface area contributed by atoms with Gasteiger partial charge in [0.25, 0.3) is 0 Å². The number of aromatic nitrogens is 2. The molecule has 2 aromatic rings. The smallest absolute Gasteiger partial charge is 0.373 e. The standard InChI is InChI=1S/C37H48N2O9/c1-21-12-15-39(16-13-21)20-31(41)45-26(6)32-22(2)17-23(3)37-19-27(10-11-28(37)18-30(44-7)36(43)46-32)34(48-37)33(24(4)25(5)40)47-35(42)29-9-8-14-38-29/h8-17,22,24-28,30,32-34,40H,18-20H2,1-7H3/p+1/b23-17+/t22-,24-,25+,26-,27-,28-,30+,32+,33-,34-,37+/m1/s1. The molecular weight excluding hydrogens is 616 g/mol. The van der Waals surface area contributed by atoms with Gasteiger partial charge in [-0.15, -0.1) is 0 Å². The molecule has 11 nitrogen and oxygen atoms in total. The van der Waals surface area contributed by atoms with Gasteiger partial charge in [0, 0.05) is 49.1 Å². The number of esters is 3. The Hall–Kier alpha value is -3.80. The van der Waals surface area contributed by atoms with Gasteiger partial charge in [-0.25, -0.2) is 14.4 Å². The Morgan fingerprint density at radius 2 is 1.83 bits per heavy atom. The van der Waals surface area contributed by atoms with Crippen molar-refractivity contribution < 1.29 is 47.7 Å². The van der Waals surface area contributed by atoms with Gasteiger partial charge < -0.3 is 33.8 Å². The average Bonchev–Trinajstić information content (AvgIpc) is 3.70. The van der Waals surface area contributed by atoms with E-state index in [1.807, 2.05) is 58.3 Å². The van der Waals surface area contributed by atoms with Crippen LogP contribution >= 0.6 is 0 Å². The van der Waals surface area contributed by atoms with Crippen LogP contribution in [0, 0.1) is 30.6 Å². The molecule has 2 aromatic heterocycles. The van der Waals surface area contributed by atoms with Crippen LogP contribution < -0.4 is 4.57 Å². The molecule has 1 fully saturated rings. The first kappa shape index (κ1) is 35.5. The molecule has 0 radical (unpaired) electrons. The third kappa shape index (κ3) is 7.43. The van der Waals surface area contributed by atoms with E-state index in [1.54, 1.807) is 36.7 Å². The zero-order valence-corrected chi connectivity index (χ0v) is 28.8. The summed E-state index contributed by atoms with van der Waals surface area (Å²) in [5, 5.41) is 10.6. The van der Waals surface area contributed by atoms with Crippen LogP contribution in [0.1, 0.15) is 63.5 Å². The number of ether oxygens (including phenoxy) is 5. The molecule has 2 bridgehead atoms. The van der Waals surface area contributed by atoms with Gasteiger partial charge >= 0.3 is 17.9 Å². The second-order valence-corrected chi connectivity index (χ2v) is 13.7. The number of carbonyl (C=O) groups is 3. The van der Waals surface area contributed by atoms with E-state index in [2.05, 4.69) is 17.1 Å². The monoisotopic (exact) mass is 665 g/mol. The topological polar surface area (TPSA) is 137 Å². The molecule has 2 aliphatic heterocycles. The number of methoxy groups -OCH3 is 1. The summed E-state index contributed by atoms with van der Waals surface area (Å²) in [6.45, 7) is 11.2. The minimum absolute atomic E-state index is 0.0173. The first-order valence-electron chi connectivity index (χ1n) is 16.8. The van der Waals surface area contributed by atoms with Gasteiger partial charge in [-0.3, -0.25) is 0 Å². The number of nitrogens with zero attached hydrogens (tertiary/aromatic N) is 1. The van der Waals surface area contributed by atoms with Gasteiger partial charge in [-0.05, 0) is 63.8 Å². The van der Waals surface area contributed by atoms with Crippen molar-refractivity contribution >= 4 is 17.9 Å². The quantitative estimate of drug-likeness (QED) is 0.167. The maximum Gasteiger partial charge on any atom is 0.373 e. The van der Waals surface area contributed by atoms with Gasteiger partial charge in [0.1, 0.15) is 30.1 Å². The number of fused-ring (bicyclic) bond motifs is 1. The third-order valence-corrected chi connectivity index (χ3v) is 10.3. The summed E-state index contributed by atoms with van der Waals surface area (Å²) in [6, 6.07) is 7.18. The van der Waals surface area contributed by atoms with E-state index in [-0.39, 0.29) is 30.7 Å². The van der Waals surface area contributed by atoms with Crippen molar-refractivity contribution in [2.75, 3.05) is 7.11 Å². The van der Waals surface area contributed by atoms with Gasteiger partial charge in [0.2, 0.25) is 6.54 Å². The van der Waals surface area contributed by atoms with Crippen LogP contribution in [0.25, 0.3) is 0 Å². The van der Waals surface area contributed by atoms with Crippen molar-refractivity contribution in [1.29, 1.82) is 0 Å². The molecule has 48 heavy (non-hydrogen) atoms. The van der Waals surface area contributed by atoms with Gasteiger partial charge in [0.15, 0.2) is 18.5 Å². The van der Waals surface area contributed by atoms with Crippen LogP contribution in [0.5, 0.6) is 0 Å². The van der Waals surface area contributed by atoms with Crippen LogP contribution in [0.3, 0.4) is 0 Å². The number of hydrogen-bond acceptors (Lipinski definition) is 9. The molecule has 0 unspecified atom stereocenters. The maximum atomic E-state index is 13.6. The number of pyridine rings is 1. The van der Waals surface area contributed by atoms with Crippen LogP contribution in [-0.2, 0) is 39.8 Å². The molecule has 1 aliphatic carbocycles. The summed E-state index contributed by atoms with van der Waals surface area (Å²) < 4.78 is 32.4. The Morgan fingerprint density at radius 1 is 1.10 bits per heavy atom. The molecule has 0 aromatic carbocycles. The number of aromatic amines is 1. The molecule has 11 heteroatoms. The lowest BCUT2D eigenvalue weighted by atomic mass is 9.69. The second-order valence-electron chi connectivity index (χ2n) is 13.7. The third-order valence-electron chi connectivity index (χ3n) is 10.3. The number of hydrogen-bond donors (Lipinski definition) is 2. The second kappa shape index (κ2) is 14.8. The summed E-state index contributed by atoms with van der Waals surface area (Å²) in [7, 11) is 1.47. The minimum atomic E-state index is -0.903. The Bertz CT molecular complexity index is 1500. The summed E-state index contributed by atoms with van der Waals surface area (Å²) >= 11 is 0. The summed E-state index contributed by atoms with van der Waals surface area (Å²) in [5.41, 5.74) is 1.49. The van der Waals surface area contributed by atoms with Crippen molar-refractivity contribution in [3.8, 4) is 0 Å². The highest BCUT2D eigenvalue weighted by atomic mass is 16.6. The summed E-state index contributed by atoms with van der Waals surface area (Å²) in [6.07, 6.45) is 7.80. The molecule has 3 aliphatic rings. The molecule has 1 spiro atoms. The fourth-order valence-electron chi connectivity index (χ4n) is 7.30. The highest BCUT2D eigenvalue weighted by Crippen LogP contribution is 2.53. The number of aliphatic hydroxyl groups is 1. The van der Waals surface area contributed by atoms with E-state index in [1.165, 1.54) is 7.11 Å². The Morgan fingerprint density at radius 3 is 2.48 bits per heavy atom. The molecule has 4 heterocycles. The molecule has 11 atom stereocenters. The fourth-order valence-corrected chi connectivity index (χ4v) is 7.30. The van der Waals surface area contributed by atoms with Gasteiger partial charge in [-0.1, -0.05) is 32.1 Å². The van der Waals surface area contributed by atoms with Gasteiger partial charge in [-0.2, -0.15) is 4.57 Å². The van der Waals surface area contributed by atoms with E-state index in [0.29, 0.717) is 12.1 Å². The molecule has 260 valence electrons. The highest BCUT2D eigenvalue weighted by molar-refractivity contribution is 5.87. The minimum Gasteiger partial charge on any atom is -0.456 e. The van der Waals surface area contributed by atoms with E-state index in [9.17, 15) is 19.5 Å². The molecule has 2 N–H and O–H groups in total. The first-order chi connectivity index (χ1) is 22.8. The van der Waals surface area contributed by atoms with E-state index in [0.717, 1.165) is 11.1 Å². The largest absolute Gasteiger partial charge is 0.456 e. The fraction of sp³-hybridized carbons (Fsp3) is 0.568. The number of nitrogens with one attached hydrogen (secondary N) is 1. The normalized spacial score (nSPS) is 32.1. The van der Waals surface area contributed by atoms with Crippen molar-refractivity contribution in [1.82, 2.24) is 4.98 Å². The van der Waals surface area contributed by atoms with E-state index in [4.69, 9.17) is 23.7 Å². The maximum absolute atomic E-state index is 13.6. The van der Waals surface area contributed by atoms with Crippen molar-refractivity contribution in [3.05, 3.63) is 77.9 Å². The number of aryl methyl sites for hydroxylation is 1. The molecule has 1 saturated heterocycles. The number of H-pyrrole nitrogens is 1. The lowest BCUT2D eigenvalue weighted by molar-refractivity contribution is -0.686. The Labute approximate surface area is 282 Å². The number of rotatable bonds is 10. The van der Waals surface area contributed by atoms with Crippen LogP contribution in [-0.4, -0.2) is 77.3 Å². The molecule has 5 rings (SSSR count). The lowest BCUT2D eigenvalue weighted by Crippen LogP contribution is -2.48. The number of cyclic esters (lactones) is 1. The van der Waals surface area contributed by atoms with Crippen LogP contribution in [0.15, 0.2) is 66.7 Å². The molecular formula is C37H49N2O9+. The van der Waals surface area contributed by atoms with Crippen molar-refractivity contribution in [3.63, 3.8) is 0 Å².